The maximum atomic E-state index is 14.2. The number of fused-ring (bicyclic) bond motifs is 1. The summed E-state index contributed by atoms with van der Waals surface area (Å²) in [5.41, 5.74) is 5.98. The molecule has 3 rings (SSSR count). The summed E-state index contributed by atoms with van der Waals surface area (Å²) in [5.74, 6) is -6.22. The van der Waals surface area contributed by atoms with Crippen LogP contribution in [0.4, 0.5) is 0 Å². The molecular formula is C45H71N7O11. The molecule has 63 heavy (non-hydrogen) atoms. The fraction of sp³-hybridized carbons (Fsp3) is 0.689. The molecule has 2 saturated heterocycles. The van der Waals surface area contributed by atoms with Gasteiger partial charge >= 0.3 is 5.97 Å². The van der Waals surface area contributed by atoms with E-state index in [1.54, 1.807) is 26.0 Å². The number of aliphatic hydroxyl groups excluding tert-OH is 1. The number of nitrogens with one attached hydrogen (secondary N) is 5. The van der Waals surface area contributed by atoms with Crippen molar-refractivity contribution >= 4 is 47.3 Å². The van der Waals surface area contributed by atoms with Gasteiger partial charge in [0.2, 0.25) is 41.4 Å². The highest BCUT2D eigenvalue weighted by Gasteiger charge is 2.40. The van der Waals surface area contributed by atoms with Gasteiger partial charge in [0, 0.05) is 25.8 Å². The van der Waals surface area contributed by atoms with E-state index in [1.165, 1.54) is 30.9 Å². The largest absolute Gasteiger partial charge is 0.508 e. The number of primary amides is 1. The number of rotatable bonds is 15. The third-order valence-corrected chi connectivity index (χ3v) is 11.5. The normalized spacial score (nSPS) is 25.7. The molecule has 18 heteroatoms. The number of benzene rings is 1. The quantitative estimate of drug-likeness (QED) is 0.0931. The summed E-state index contributed by atoms with van der Waals surface area (Å²) in [6.07, 6.45) is 6.19. The van der Waals surface area contributed by atoms with Gasteiger partial charge in [-0.15, -0.1) is 0 Å². The number of aliphatic hydroxyl groups is 1. The lowest BCUT2D eigenvalue weighted by Gasteiger charge is -2.30. The number of hydrogen-bond acceptors (Lipinski definition) is 11. The average molecular weight is 886 g/mol. The van der Waals surface area contributed by atoms with Gasteiger partial charge in [-0.1, -0.05) is 71.4 Å². The number of carbonyl (C=O) groups is 8. The Morgan fingerprint density at radius 3 is 2.05 bits per heavy atom. The van der Waals surface area contributed by atoms with Crippen LogP contribution in [-0.2, 0) is 49.5 Å². The van der Waals surface area contributed by atoms with Crippen LogP contribution in [0.1, 0.15) is 136 Å². The van der Waals surface area contributed by atoms with E-state index in [1.807, 2.05) is 0 Å². The van der Waals surface area contributed by atoms with Crippen LogP contribution in [0.5, 0.6) is 5.75 Å². The lowest BCUT2D eigenvalue weighted by atomic mass is 10.00. The molecule has 18 nitrogen and oxygen atoms in total. The van der Waals surface area contributed by atoms with E-state index < -0.39 is 102 Å². The van der Waals surface area contributed by atoms with Crippen LogP contribution in [0.3, 0.4) is 0 Å². The van der Waals surface area contributed by atoms with Gasteiger partial charge < -0.3 is 52.2 Å². The molecule has 2 aliphatic rings. The fourth-order valence-corrected chi connectivity index (χ4v) is 7.81. The van der Waals surface area contributed by atoms with Crippen LogP contribution < -0.4 is 32.3 Å². The van der Waals surface area contributed by atoms with E-state index in [0.717, 1.165) is 44.9 Å². The van der Waals surface area contributed by atoms with E-state index in [0.29, 0.717) is 24.8 Å². The molecule has 7 amide bonds. The minimum absolute atomic E-state index is 0.0235. The number of amides is 7. The van der Waals surface area contributed by atoms with Gasteiger partial charge in [-0.2, -0.15) is 0 Å². The molecule has 2 aliphatic heterocycles. The van der Waals surface area contributed by atoms with Gasteiger partial charge in [-0.05, 0) is 82.4 Å². The van der Waals surface area contributed by atoms with E-state index in [-0.39, 0.29) is 50.8 Å². The standard InChI is InChI=1S/C45H71N7O11/c1-6-7-8-9-10-11-12-15-32-16-13-18-37(56)50-39(29(5)53)43(60)47-28(4)44(61)52-25-14-17-35(52)42(59)48-33(23-24-36(46)55)40(57)49-34(26-30-19-21-31(54)22-20-30)41(58)51-38(27(2)3)45(62)63-32/h19-22,27-29,32-35,38-39,53-54H,6-18,23-26H2,1-5H3,(H2,46,55)(H,47,60)(H,48,59)(H,49,57)(H,50,56)(H,51,58). The highest BCUT2D eigenvalue weighted by molar-refractivity contribution is 5.97. The molecule has 9 N–H and O–H groups in total. The molecule has 1 aromatic carbocycles. The van der Waals surface area contributed by atoms with Crippen molar-refractivity contribution in [1.82, 2.24) is 31.5 Å². The first-order valence-electron chi connectivity index (χ1n) is 22.7. The second kappa shape index (κ2) is 26.4. The first kappa shape index (κ1) is 52.1. The Bertz CT molecular complexity index is 1710. The van der Waals surface area contributed by atoms with Gasteiger partial charge in [-0.25, -0.2) is 4.79 Å². The summed E-state index contributed by atoms with van der Waals surface area (Å²) in [6.45, 7) is 8.50. The van der Waals surface area contributed by atoms with E-state index in [4.69, 9.17) is 10.5 Å². The summed E-state index contributed by atoms with van der Waals surface area (Å²) >= 11 is 0. The number of nitrogens with zero attached hydrogens (tertiary/aromatic N) is 1. The third-order valence-electron chi connectivity index (χ3n) is 11.5. The zero-order chi connectivity index (χ0) is 46.6. The maximum Gasteiger partial charge on any atom is 0.329 e. The summed E-state index contributed by atoms with van der Waals surface area (Å²) in [4.78, 5) is 110. The lowest BCUT2D eigenvalue weighted by Crippen LogP contribution is -2.60. The van der Waals surface area contributed by atoms with Crippen LogP contribution in [0.25, 0.3) is 0 Å². The fourth-order valence-electron chi connectivity index (χ4n) is 7.81. The number of nitrogens with two attached hydrogens (primary N) is 1. The second-order valence-electron chi connectivity index (χ2n) is 17.3. The van der Waals surface area contributed by atoms with Crippen molar-refractivity contribution in [3.05, 3.63) is 29.8 Å². The van der Waals surface area contributed by atoms with Gasteiger partial charge in [0.25, 0.3) is 0 Å². The van der Waals surface area contributed by atoms with Crippen molar-refractivity contribution < 1.29 is 53.3 Å². The smallest absolute Gasteiger partial charge is 0.329 e. The molecule has 352 valence electrons. The molecule has 1 aromatic rings. The lowest BCUT2D eigenvalue weighted by molar-refractivity contribution is -0.155. The molecule has 8 unspecified atom stereocenters. The van der Waals surface area contributed by atoms with Crippen molar-refractivity contribution in [3.63, 3.8) is 0 Å². The molecule has 2 heterocycles. The summed E-state index contributed by atoms with van der Waals surface area (Å²) in [6, 6.07) is -1.57. The predicted molar refractivity (Wildman–Crippen MR) is 233 cm³/mol. The van der Waals surface area contributed by atoms with E-state index in [9.17, 15) is 48.6 Å². The van der Waals surface area contributed by atoms with Crippen molar-refractivity contribution in [2.45, 2.75) is 186 Å². The number of aromatic hydroxyl groups is 1. The molecule has 0 aromatic heterocycles. The zero-order valence-corrected chi connectivity index (χ0v) is 37.6. The van der Waals surface area contributed by atoms with Crippen LogP contribution in [0.15, 0.2) is 24.3 Å². The van der Waals surface area contributed by atoms with E-state index >= 15 is 0 Å². The Kier molecular flexibility index (Phi) is 21.8. The molecule has 2 fully saturated rings. The maximum absolute atomic E-state index is 14.2. The first-order chi connectivity index (χ1) is 29.9. The number of ether oxygens (including phenoxy) is 1. The molecule has 0 saturated carbocycles. The highest BCUT2D eigenvalue weighted by Crippen LogP contribution is 2.21. The van der Waals surface area contributed by atoms with Crippen LogP contribution in [0.2, 0.25) is 0 Å². The Balaban J connectivity index is 2.01. The van der Waals surface area contributed by atoms with Crippen LogP contribution >= 0.6 is 0 Å². The van der Waals surface area contributed by atoms with Gasteiger partial charge in [0.1, 0.15) is 48.1 Å². The number of phenolic OH excluding ortho intramolecular Hbond substituents is 1. The highest BCUT2D eigenvalue weighted by atomic mass is 16.5. The molecule has 0 bridgehead atoms. The number of cyclic esters (lactones) is 1. The van der Waals surface area contributed by atoms with Crippen LogP contribution in [0, 0.1) is 5.92 Å². The first-order valence-corrected chi connectivity index (χ1v) is 22.7. The third kappa shape index (κ3) is 17.4. The summed E-state index contributed by atoms with van der Waals surface area (Å²) in [7, 11) is 0. The molecule has 8 atom stereocenters. The minimum Gasteiger partial charge on any atom is -0.508 e. The Morgan fingerprint density at radius 1 is 0.778 bits per heavy atom. The monoisotopic (exact) mass is 886 g/mol. The van der Waals surface area contributed by atoms with Gasteiger partial charge in [0.05, 0.1) is 6.10 Å². The average Bonchev–Trinajstić information content (AvgIpc) is 3.72. The Labute approximate surface area is 370 Å². The Hall–Kier alpha value is -5.26. The van der Waals surface area contributed by atoms with Gasteiger partial charge in [0.15, 0.2) is 0 Å². The number of hydrogen-bond donors (Lipinski definition) is 8. The molecular weight excluding hydrogens is 815 g/mol. The van der Waals surface area contributed by atoms with Crippen molar-refractivity contribution in [2.24, 2.45) is 11.7 Å². The van der Waals surface area contributed by atoms with Crippen molar-refractivity contribution in [1.29, 1.82) is 0 Å². The van der Waals surface area contributed by atoms with Crippen molar-refractivity contribution in [3.8, 4) is 5.75 Å². The molecule has 0 radical (unpaired) electrons. The zero-order valence-electron chi connectivity index (χ0n) is 37.6. The summed E-state index contributed by atoms with van der Waals surface area (Å²) < 4.78 is 6.06. The number of unbranched alkanes of at least 4 members (excludes halogenated alkanes) is 6. The van der Waals surface area contributed by atoms with Crippen molar-refractivity contribution in [2.75, 3.05) is 6.54 Å². The van der Waals surface area contributed by atoms with Crippen LogP contribution in [-0.4, -0.2) is 117 Å². The number of esters is 1. The molecule has 0 spiro atoms. The van der Waals surface area contributed by atoms with Gasteiger partial charge in [-0.3, -0.25) is 33.6 Å². The Morgan fingerprint density at radius 2 is 1.41 bits per heavy atom. The topological polar surface area (TPSA) is 276 Å². The molecule has 0 aliphatic carbocycles. The number of phenols is 1. The number of carbonyl (C=O) groups excluding carboxylic acids is 8. The SMILES string of the molecule is CCCCCCCCCC1CCCC(=O)NC(C(C)O)C(=O)NC(C)C(=O)N2CCCC2C(=O)NC(CCC(N)=O)C(=O)NC(Cc2ccc(O)cc2)C(=O)NC(C(C)C)C(=O)O1. The second-order valence-corrected chi connectivity index (χ2v) is 17.3. The van der Waals surface area contributed by atoms with E-state index in [2.05, 4.69) is 33.5 Å². The summed E-state index contributed by atoms with van der Waals surface area (Å²) in [5, 5.41) is 33.6. The minimum atomic E-state index is -1.41. The predicted octanol–water partition coefficient (Wildman–Crippen LogP) is 1.91.